The van der Waals surface area contributed by atoms with Gasteiger partial charge in [-0.3, -0.25) is 9.59 Å². The van der Waals surface area contributed by atoms with Gasteiger partial charge in [-0.05, 0) is 12.1 Å². The number of benzene rings is 1. The monoisotopic (exact) mass is 271 g/mol. The van der Waals surface area contributed by atoms with Gasteiger partial charge in [0.2, 0.25) is 6.10 Å². The van der Waals surface area contributed by atoms with Crippen LogP contribution in [0.2, 0.25) is 0 Å². The standard InChI is InChI=1S/C10H10BrNO3/c1-6(13)15-9(10(12)14)7-3-2-4-8(11)5-7/h2-5,9H,1H3,(H2,12,14). The summed E-state index contributed by atoms with van der Waals surface area (Å²) < 4.78 is 5.61. The van der Waals surface area contributed by atoms with E-state index in [0.717, 1.165) is 4.47 Å². The van der Waals surface area contributed by atoms with Crippen LogP contribution in [-0.4, -0.2) is 11.9 Å². The summed E-state index contributed by atoms with van der Waals surface area (Å²) in [6.45, 7) is 1.23. The van der Waals surface area contributed by atoms with Crippen molar-refractivity contribution in [3.05, 3.63) is 34.3 Å². The second-order valence-electron chi connectivity index (χ2n) is 2.95. The molecule has 0 bridgehead atoms. The molecule has 1 rings (SSSR count). The maximum absolute atomic E-state index is 11.1. The summed E-state index contributed by atoms with van der Waals surface area (Å²) in [6, 6.07) is 6.88. The maximum Gasteiger partial charge on any atom is 0.303 e. The molecule has 0 aliphatic carbocycles. The van der Waals surface area contributed by atoms with Gasteiger partial charge in [-0.1, -0.05) is 28.1 Å². The Morgan fingerprint density at radius 3 is 2.60 bits per heavy atom. The summed E-state index contributed by atoms with van der Waals surface area (Å²) in [4.78, 5) is 21.9. The minimum atomic E-state index is -1.03. The first kappa shape index (κ1) is 11.7. The van der Waals surface area contributed by atoms with Crippen LogP contribution >= 0.6 is 15.9 Å². The summed E-state index contributed by atoms with van der Waals surface area (Å²) in [5.74, 6) is -1.23. The first-order chi connectivity index (χ1) is 7.00. The van der Waals surface area contributed by atoms with Gasteiger partial charge >= 0.3 is 5.97 Å². The first-order valence-electron chi connectivity index (χ1n) is 4.22. The van der Waals surface area contributed by atoms with Gasteiger partial charge in [-0.25, -0.2) is 0 Å². The lowest BCUT2D eigenvalue weighted by molar-refractivity contribution is -0.153. The van der Waals surface area contributed by atoms with Gasteiger partial charge in [0.1, 0.15) is 0 Å². The molecule has 2 N–H and O–H groups in total. The van der Waals surface area contributed by atoms with E-state index in [1.807, 2.05) is 0 Å². The number of amides is 1. The second kappa shape index (κ2) is 4.93. The molecule has 80 valence electrons. The number of carbonyl (C=O) groups excluding carboxylic acids is 2. The number of hydrogen-bond acceptors (Lipinski definition) is 3. The molecule has 4 nitrogen and oxygen atoms in total. The van der Waals surface area contributed by atoms with Gasteiger partial charge in [0.25, 0.3) is 5.91 Å². The van der Waals surface area contributed by atoms with E-state index < -0.39 is 18.0 Å². The Morgan fingerprint density at radius 1 is 1.47 bits per heavy atom. The Hall–Kier alpha value is -1.36. The lowest BCUT2D eigenvalue weighted by Crippen LogP contribution is -2.25. The molecule has 1 aromatic carbocycles. The molecule has 0 radical (unpaired) electrons. The molecular formula is C10H10BrNO3. The van der Waals surface area contributed by atoms with Crippen molar-refractivity contribution in [1.82, 2.24) is 0 Å². The smallest absolute Gasteiger partial charge is 0.303 e. The summed E-state index contributed by atoms with van der Waals surface area (Å²) in [5, 5.41) is 0. The Balaban J connectivity index is 2.98. The van der Waals surface area contributed by atoms with E-state index in [0.29, 0.717) is 5.56 Å². The Bertz CT molecular complexity index is 392. The highest BCUT2D eigenvalue weighted by atomic mass is 79.9. The minimum Gasteiger partial charge on any atom is -0.447 e. The molecule has 1 atom stereocenters. The van der Waals surface area contributed by atoms with E-state index >= 15 is 0 Å². The van der Waals surface area contributed by atoms with Crippen molar-refractivity contribution < 1.29 is 14.3 Å². The van der Waals surface area contributed by atoms with Crippen molar-refractivity contribution in [3.8, 4) is 0 Å². The fourth-order valence-corrected chi connectivity index (χ4v) is 1.54. The number of nitrogens with two attached hydrogens (primary N) is 1. The quantitative estimate of drug-likeness (QED) is 0.848. The van der Waals surface area contributed by atoms with Crippen LogP contribution in [0.4, 0.5) is 0 Å². The predicted octanol–water partition coefficient (Wildman–Crippen LogP) is 1.54. The van der Waals surface area contributed by atoms with E-state index in [1.165, 1.54) is 6.92 Å². The molecule has 0 aliphatic rings. The topological polar surface area (TPSA) is 69.4 Å². The number of rotatable bonds is 3. The number of primary amides is 1. The molecule has 0 saturated heterocycles. The zero-order valence-electron chi connectivity index (χ0n) is 8.07. The van der Waals surface area contributed by atoms with E-state index in [-0.39, 0.29) is 0 Å². The molecule has 5 heteroatoms. The van der Waals surface area contributed by atoms with Crippen molar-refractivity contribution in [2.45, 2.75) is 13.0 Å². The highest BCUT2D eigenvalue weighted by Crippen LogP contribution is 2.21. The van der Waals surface area contributed by atoms with Crippen LogP contribution in [0.3, 0.4) is 0 Å². The average Bonchev–Trinajstić information content (AvgIpc) is 2.13. The van der Waals surface area contributed by atoms with E-state index in [4.69, 9.17) is 10.5 Å². The molecule has 0 spiro atoms. The molecule has 0 aliphatic heterocycles. The summed E-state index contributed by atoms with van der Waals surface area (Å²) in [7, 11) is 0. The SMILES string of the molecule is CC(=O)OC(C(N)=O)c1cccc(Br)c1. The summed E-state index contributed by atoms with van der Waals surface area (Å²) in [5.41, 5.74) is 5.68. The van der Waals surface area contributed by atoms with E-state index in [1.54, 1.807) is 24.3 Å². The summed E-state index contributed by atoms with van der Waals surface area (Å²) >= 11 is 3.25. The van der Waals surface area contributed by atoms with Gasteiger partial charge in [0.05, 0.1) is 0 Å². The van der Waals surface area contributed by atoms with Crippen LogP contribution in [0.25, 0.3) is 0 Å². The van der Waals surface area contributed by atoms with Crippen LogP contribution < -0.4 is 5.73 Å². The first-order valence-corrected chi connectivity index (χ1v) is 5.02. The largest absolute Gasteiger partial charge is 0.447 e. The molecular weight excluding hydrogens is 262 g/mol. The summed E-state index contributed by atoms with van der Waals surface area (Å²) in [6.07, 6.45) is -1.03. The van der Waals surface area contributed by atoms with Crippen molar-refractivity contribution in [1.29, 1.82) is 0 Å². The predicted molar refractivity (Wildman–Crippen MR) is 57.8 cm³/mol. The Morgan fingerprint density at radius 2 is 2.13 bits per heavy atom. The van der Waals surface area contributed by atoms with Gasteiger partial charge in [0, 0.05) is 17.0 Å². The zero-order valence-corrected chi connectivity index (χ0v) is 9.65. The lowest BCUT2D eigenvalue weighted by atomic mass is 10.1. The minimum absolute atomic E-state index is 0.543. The highest BCUT2D eigenvalue weighted by Gasteiger charge is 2.20. The van der Waals surface area contributed by atoms with Crippen molar-refractivity contribution in [3.63, 3.8) is 0 Å². The van der Waals surface area contributed by atoms with Gasteiger partial charge < -0.3 is 10.5 Å². The van der Waals surface area contributed by atoms with Crippen LogP contribution in [-0.2, 0) is 14.3 Å². The third-order valence-corrected chi connectivity index (χ3v) is 2.19. The number of esters is 1. The third kappa shape index (κ3) is 3.36. The van der Waals surface area contributed by atoms with Crippen LogP contribution in [0.15, 0.2) is 28.7 Å². The average molecular weight is 272 g/mol. The van der Waals surface area contributed by atoms with Crippen LogP contribution in [0.1, 0.15) is 18.6 Å². The van der Waals surface area contributed by atoms with E-state index in [2.05, 4.69) is 15.9 Å². The number of hydrogen-bond donors (Lipinski definition) is 1. The van der Waals surface area contributed by atoms with E-state index in [9.17, 15) is 9.59 Å². The van der Waals surface area contributed by atoms with Gasteiger partial charge in [-0.2, -0.15) is 0 Å². The molecule has 0 aromatic heterocycles. The Labute approximate surface area is 95.5 Å². The molecule has 0 saturated carbocycles. The zero-order chi connectivity index (χ0) is 11.4. The number of halogens is 1. The second-order valence-corrected chi connectivity index (χ2v) is 3.86. The maximum atomic E-state index is 11.1. The molecule has 1 aromatic rings. The normalized spacial score (nSPS) is 11.9. The number of ether oxygens (including phenoxy) is 1. The van der Waals surface area contributed by atoms with Crippen LogP contribution in [0.5, 0.6) is 0 Å². The van der Waals surface area contributed by atoms with Crippen molar-refractivity contribution >= 4 is 27.8 Å². The fraction of sp³-hybridized carbons (Fsp3) is 0.200. The van der Waals surface area contributed by atoms with Gasteiger partial charge in [-0.15, -0.1) is 0 Å². The molecule has 15 heavy (non-hydrogen) atoms. The lowest BCUT2D eigenvalue weighted by Gasteiger charge is -2.13. The van der Waals surface area contributed by atoms with Crippen LogP contribution in [0, 0.1) is 0 Å². The highest BCUT2D eigenvalue weighted by molar-refractivity contribution is 9.10. The number of carbonyl (C=O) groups is 2. The molecule has 0 heterocycles. The Kier molecular flexibility index (Phi) is 3.85. The molecule has 1 unspecified atom stereocenters. The molecule has 1 amide bonds. The van der Waals surface area contributed by atoms with Crippen molar-refractivity contribution in [2.75, 3.05) is 0 Å². The third-order valence-electron chi connectivity index (χ3n) is 1.69. The van der Waals surface area contributed by atoms with Crippen molar-refractivity contribution in [2.24, 2.45) is 5.73 Å². The molecule has 0 fully saturated rings. The van der Waals surface area contributed by atoms with Gasteiger partial charge in [0.15, 0.2) is 0 Å². The fourth-order valence-electron chi connectivity index (χ4n) is 1.13.